The molecule has 0 unspecified atom stereocenters. The van der Waals surface area contributed by atoms with E-state index >= 15 is 0 Å². The van der Waals surface area contributed by atoms with Crippen LogP contribution in [-0.4, -0.2) is 11.8 Å². The maximum atomic E-state index is 13.3. The Balaban J connectivity index is 1.85. The van der Waals surface area contributed by atoms with Gasteiger partial charge in [0.1, 0.15) is 0 Å². The van der Waals surface area contributed by atoms with Gasteiger partial charge < -0.3 is 10.6 Å². The Labute approximate surface area is 165 Å². The average molecular weight is 385 g/mol. The molecule has 27 heavy (non-hydrogen) atoms. The standard InChI is InChI=1S/C22H25ClN2O2/c1-2-20(26)24-18-10-7-11-19(15-18)25-21(27)22(12-4-3-5-13-22)16-8-6-9-17(23)14-16/h6-11,14-15H,2-5,12-13H2,1H3,(H,24,26)(H,25,27). The Morgan fingerprint density at radius 1 is 0.963 bits per heavy atom. The van der Waals surface area contributed by atoms with Crippen molar-refractivity contribution in [3.8, 4) is 0 Å². The number of halogens is 1. The van der Waals surface area contributed by atoms with Gasteiger partial charge in [-0.15, -0.1) is 0 Å². The van der Waals surface area contributed by atoms with E-state index in [4.69, 9.17) is 11.6 Å². The third kappa shape index (κ3) is 4.51. The molecule has 1 aliphatic carbocycles. The van der Waals surface area contributed by atoms with E-state index in [-0.39, 0.29) is 11.8 Å². The first-order valence-electron chi connectivity index (χ1n) is 9.51. The molecule has 0 atom stereocenters. The second-order valence-electron chi connectivity index (χ2n) is 7.09. The van der Waals surface area contributed by atoms with E-state index in [9.17, 15) is 9.59 Å². The number of rotatable bonds is 5. The number of carbonyl (C=O) groups excluding carboxylic acids is 2. The van der Waals surface area contributed by atoms with Crippen LogP contribution in [-0.2, 0) is 15.0 Å². The molecule has 3 rings (SSSR count). The normalized spacial score (nSPS) is 15.8. The first-order valence-corrected chi connectivity index (χ1v) is 9.89. The molecule has 0 bridgehead atoms. The van der Waals surface area contributed by atoms with Gasteiger partial charge in [0.15, 0.2) is 0 Å². The number of carbonyl (C=O) groups is 2. The summed E-state index contributed by atoms with van der Waals surface area (Å²) in [6.45, 7) is 1.80. The van der Waals surface area contributed by atoms with Crippen molar-refractivity contribution in [1.82, 2.24) is 0 Å². The molecule has 0 aliphatic heterocycles. The lowest BCUT2D eigenvalue weighted by Gasteiger charge is -2.36. The van der Waals surface area contributed by atoms with Crippen molar-refractivity contribution >= 4 is 34.8 Å². The molecule has 0 heterocycles. The summed E-state index contributed by atoms with van der Waals surface area (Å²) in [7, 11) is 0. The highest BCUT2D eigenvalue weighted by molar-refractivity contribution is 6.30. The molecular formula is C22H25ClN2O2. The van der Waals surface area contributed by atoms with Crippen LogP contribution in [0.5, 0.6) is 0 Å². The van der Waals surface area contributed by atoms with Crippen molar-refractivity contribution in [2.24, 2.45) is 0 Å². The fourth-order valence-corrected chi connectivity index (χ4v) is 3.95. The lowest BCUT2D eigenvalue weighted by Crippen LogP contribution is -2.42. The van der Waals surface area contributed by atoms with Crippen LogP contribution in [0.3, 0.4) is 0 Å². The van der Waals surface area contributed by atoms with E-state index < -0.39 is 5.41 Å². The van der Waals surface area contributed by atoms with Gasteiger partial charge in [0, 0.05) is 22.8 Å². The summed E-state index contributed by atoms with van der Waals surface area (Å²) in [5, 5.41) is 6.54. The molecule has 142 valence electrons. The molecule has 5 heteroatoms. The molecule has 0 radical (unpaired) electrons. The molecule has 4 nitrogen and oxygen atoms in total. The lowest BCUT2D eigenvalue weighted by atomic mass is 9.68. The van der Waals surface area contributed by atoms with Crippen LogP contribution in [0.1, 0.15) is 51.0 Å². The smallest absolute Gasteiger partial charge is 0.235 e. The molecular weight excluding hydrogens is 360 g/mol. The highest BCUT2D eigenvalue weighted by atomic mass is 35.5. The molecule has 1 aliphatic rings. The SMILES string of the molecule is CCC(=O)Nc1cccc(NC(=O)C2(c3cccc(Cl)c3)CCCCC2)c1. The van der Waals surface area contributed by atoms with Crippen molar-refractivity contribution < 1.29 is 9.59 Å². The maximum Gasteiger partial charge on any atom is 0.235 e. The van der Waals surface area contributed by atoms with Gasteiger partial charge in [0.05, 0.1) is 5.41 Å². The van der Waals surface area contributed by atoms with Gasteiger partial charge in [-0.25, -0.2) is 0 Å². The van der Waals surface area contributed by atoms with Gasteiger partial charge in [-0.1, -0.05) is 56.0 Å². The topological polar surface area (TPSA) is 58.2 Å². The summed E-state index contributed by atoms with van der Waals surface area (Å²) < 4.78 is 0. The first kappa shape index (κ1) is 19.4. The highest BCUT2D eigenvalue weighted by Crippen LogP contribution is 2.41. The summed E-state index contributed by atoms with van der Waals surface area (Å²) in [6.07, 6.45) is 5.22. The highest BCUT2D eigenvalue weighted by Gasteiger charge is 2.41. The summed E-state index contributed by atoms with van der Waals surface area (Å²) in [6, 6.07) is 14.9. The Bertz CT molecular complexity index is 829. The zero-order valence-corrected chi connectivity index (χ0v) is 16.3. The van der Waals surface area contributed by atoms with Crippen molar-refractivity contribution in [2.45, 2.75) is 50.9 Å². The van der Waals surface area contributed by atoms with E-state index in [1.807, 2.05) is 42.5 Å². The van der Waals surface area contributed by atoms with Gasteiger partial charge in [0.2, 0.25) is 11.8 Å². The number of nitrogens with one attached hydrogen (secondary N) is 2. The predicted octanol–water partition coefficient (Wildman–Crippen LogP) is 5.53. The lowest BCUT2D eigenvalue weighted by molar-refractivity contribution is -0.122. The molecule has 2 amide bonds. The van der Waals surface area contributed by atoms with Crippen LogP contribution in [0.25, 0.3) is 0 Å². The Morgan fingerprint density at radius 2 is 1.63 bits per heavy atom. The van der Waals surface area contributed by atoms with Gasteiger partial charge in [0.25, 0.3) is 0 Å². The average Bonchev–Trinajstić information content (AvgIpc) is 2.68. The van der Waals surface area contributed by atoms with Crippen LogP contribution < -0.4 is 10.6 Å². The number of amides is 2. The molecule has 2 aromatic carbocycles. The molecule has 0 saturated heterocycles. The second kappa shape index (κ2) is 8.57. The summed E-state index contributed by atoms with van der Waals surface area (Å²) in [5.41, 5.74) is 1.77. The molecule has 1 saturated carbocycles. The van der Waals surface area contributed by atoms with Crippen molar-refractivity contribution in [3.05, 3.63) is 59.1 Å². The van der Waals surface area contributed by atoms with E-state index in [0.29, 0.717) is 22.8 Å². The van der Waals surface area contributed by atoms with Crippen molar-refractivity contribution in [2.75, 3.05) is 10.6 Å². The fraction of sp³-hybridized carbons (Fsp3) is 0.364. The van der Waals surface area contributed by atoms with Crippen molar-refractivity contribution in [3.63, 3.8) is 0 Å². The van der Waals surface area contributed by atoms with E-state index in [1.165, 1.54) is 0 Å². The monoisotopic (exact) mass is 384 g/mol. The van der Waals surface area contributed by atoms with E-state index in [1.54, 1.807) is 13.0 Å². The van der Waals surface area contributed by atoms with Crippen LogP contribution in [0.2, 0.25) is 5.02 Å². The first-order chi connectivity index (χ1) is 13.0. The Morgan fingerprint density at radius 3 is 2.30 bits per heavy atom. The Kier molecular flexibility index (Phi) is 6.17. The van der Waals surface area contributed by atoms with E-state index in [0.717, 1.165) is 37.7 Å². The minimum Gasteiger partial charge on any atom is -0.326 e. The minimum atomic E-state index is -0.564. The largest absolute Gasteiger partial charge is 0.326 e. The molecule has 0 aromatic heterocycles. The summed E-state index contributed by atoms with van der Waals surface area (Å²) in [5.74, 6) is -0.0652. The third-order valence-electron chi connectivity index (χ3n) is 5.24. The van der Waals surface area contributed by atoms with Gasteiger partial charge in [-0.3, -0.25) is 9.59 Å². The van der Waals surface area contributed by atoms with E-state index in [2.05, 4.69) is 10.6 Å². The fourth-order valence-electron chi connectivity index (χ4n) is 3.76. The van der Waals surface area contributed by atoms with Crippen LogP contribution in [0.15, 0.2) is 48.5 Å². The molecule has 2 N–H and O–H groups in total. The predicted molar refractivity (Wildman–Crippen MR) is 110 cm³/mol. The molecule has 2 aromatic rings. The van der Waals surface area contributed by atoms with Gasteiger partial charge in [-0.2, -0.15) is 0 Å². The third-order valence-corrected chi connectivity index (χ3v) is 5.48. The molecule has 0 spiro atoms. The van der Waals surface area contributed by atoms with Crippen LogP contribution in [0, 0.1) is 0 Å². The summed E-state index contributed by atoms with van der Waals surface area (Å²) in [4.78, 5) is 25.0. The quantitative estimate of drug-likeness (QED) is 0.712. The second-order valence-corrected chi connectivity index (χ2v) is 7.53. The number of hydrogen-bond donors (Lipinski definition) is 2. The van der Waals surface area contributed by atoms with Crippen molar-refractivity contribution in [1.29, 1.82) is 0 Å². The zero-order chi connectivity index (χ0) is 19.3. The maximum absolute atomic E-state index is 13.3. The van der Waals surface area contributed by atoms with Crippen LogP contribution in [0.4, 0.5) is 11.4 Å². The van der Waals surface area contributed by atoms with Gasteiger partial charge >= 0.3 is 0 Å². The van der Waals surface area contributed by atoms with Crippen LogP contribution >= 0.6 is 11.6 Å². The number of benzene rings is 2. The minimum absolute atomic E-state index is 0.0107. The molecule has 1 fully saturated rings. The zero-order valence-electron chi connectivity index (χ0n) is 15.6. The summed E-state index contributed by atoms with van der Waals surface area (Å²) >= 11 is 6.20. The number of anilines is 2. The number of hydrogen-bond acceptors (Lipinski definition) is 2. The van der Waals surface area contributed by atoms with Gasteiger partial charge in [-0.05, 0) is 48.7 Å². The Hall–Kier alpha value is -2.33.